The van der Waals surface area contributed by atoms with Crippen molar-refractivity contribution in [2.45, 2.75) is 58.5 Å². The number of nitrogens with zero attached hydrogens (tertiary/aromatic N) is 1. The van der Waals surface area contributed by atoms with Crippen molar-refractivity contribution >= 4 is 28.2 Å². The van der Waals surface area contributed by atoms with Crippen molar-refractivity contribution in [3.05, 3.63) is 51.4 Å². The molecule has 0 saturated heterocycles. The van der Waals surface area contributed by atoms with Gasteiger partial charge in [-0.25, -0.2) is 4.79 Å². The van der Waals surface area contributed by atoms with E-state index in [9.17, 15) is 14.9 Å². The molecule has 3 rings (SSSR count). The minimum atomic E-state index is -0.550. The summed E-state index contributed by atoms with van der Waals surface area (Å²) in [6, 6.07) is 9.36. The number of anilines is 1. The number of ether oxygens (including phenoxy) is 1. The first-order chi connectivity index (χ1) is 14.1. The van der Waals surface area contributed by atoms with Crippen LogP contribution in [-0.4, -0.2) is 24.0 Å². The molecule has 30 heavy (non-hydrogen) atoms. The lowest BCUT2D eigenvalue weighted by atomic mass is 9.81. The maximum absolute atomic E-state index is 12.4. The minimum Gasteiger partial charge on any atom is -0.452 e. The number of nitriles is 1. The lowest BCUT2D eigenvalue weighted by molar-refractivity contribution is -0.119. The Morgan fingerprint density at radius 3 is 2.50 bits per heavy atom. The minimum absolute atomic E-state index is 0.159. The highest BCUT2D eigenvalue weighted by atomic mass is 32.1. The highest BCUT2D eigenvalue weighted by molar-refractivity contribution is 7.17. The highest BCUT2D eigenvalue weighted by Gasteiger charge is 2.40. The van der Waals surface area contributed by atoms with Gasteiger partial charge in [0.1, 0.15) is 11.1 Å². The first-order valence-electron chi connectivity index (χ1n) is 9.98. The van der Waals surface area contributed by atoms with Gasteiger partial charge in [-0.15, -0.1) is 11.3 Å². The van der Waals surface area contributed by atoms with Crippen LogP contribution in [-0.2, 0) is 27.9 Å². The molecule has 0 radical (unpaired) electrons. The molecule has 6 nitrogen and oxygen atoms in total. The van der Waals surface area contributed by atoms with E-state index in [1.54, 1.807) is 12.1 Å². The van der Waals surface area contributed by atoms with Gasteiger partial charge in [-0.05, 0) is 63.8 Å². The Kier molecular flexibility index (Phi) is 6.02. The monoisotopic (exact) mass is 425 g/mol. The molecule has 1 aliphatic heterocycles. The quantitative estimate of drug-likeness (QED) is 0.703. The van der Waals surface area contributed by atoms with Crippen LogP contribution >= 0.6 is 11.3 Å². The second-order valence-electron chi connectivity index (χ2n) is 8.71. The second-order valence-corrected chi connectivity index (χ2v) is 9.73. The Hall–Kier alpha value is -2.69. The zero-order chi connectivity index (χ0) is 22.1. The number of aryl methyl sites for hydroxylation is 1. The third-order valence-corrected chi connectivity index (χ3v) is 6.61. The van der Waals surface area contributed by atoms with Crippen LogP contribution in [0.3, 0.4) is 0 Å². The molecular formula is C23H27N3O3S. The molecule has 2 aromatic rings. The zero-order valence-electron chi connectivity index (χ0n) is 18.0. The van der Waals surface area contributed by atoms with Gasteiger partial charge in [0.15, 0.2) is 6.61 Å². The van der Waals surface area contributed by atoms with Gasteiger partial charge in [0.2, 0.25) is 0 Å². The molecule has 0 bridgehead atoms. The molecule has 7 heteroatoms. The second kappa shape index (κ2) is 8.21. The van der Waals surface area contributed by atoms with E-state index in [1.807, 2.05) is 19.1 Å². The van der Waals surface area contributed by atoms with Gasteiger partial charge in [0, 0.05) is 16.0 Å². The fourth-order valence-electron chi connectivity index (χ4n) is 3.99. The molecule has 1 aromatic carbocycles. The standard InChI is InChI=1S/C23H27N3O3S/c1-6-14-7-9-15(10-8-14)21(28)29-13-18(27)25-20-17(12-24)16-11-22(2,3)26-23(4,5)19(16)30-20/h7-10,26H,6,11,13H2,1-5H3,(H,25,27). The van der Waals surface area contributed by atoms with Gasteiger partial charge < -0.3 is 15.4 Å². The smallest absolute Gasteiger partial charge is 0.338 e. The molecule has 0 aliphatic carbocycles. The number of fused-ring (bicyclic) bond motifs is 1. The summed E-state index contributed by atoms with van der Waals surface area (Å²) in [4.78, 5) is 25.6. The summed E-state index contributed by atoms with van der Waals surface area (Å²) < 4.78 is 5.14. The summed E-state index contributed by atoms with van der Waals surface area (Å²) in [6.45, 7) is 9.97. The molecule has 2 heterocycles. The molecule has 0 fully saturated rings. The third-order valence-electron chi connectivity index (χ3n) is 5.14. The Bertz CT molecular complexity index is 1010. The van der Waals surface area contributed by atoms with Crippen LogP contribution in [0.15, 0.2) is 24.3 Å². The van der Waals surface area contributed by atoms with Crippen molar-refractivity contribution in [2.24, 2.45) is 0 Å². The van der Waals surface area contributed by atoms with Crippen molar-refractivity contribution in [2.75, 3.05) is 11.9 Å². The molecule has 0 saturated carbocycles. The molecule has 2 N–H and O–H groups in total. The maximum Gasteiger partial charge on any atom is 0.338 e. The van der Waals surface area contributed by atoms with Gasteiger partial charge >= 0.3 is 5.97 Å². The number of carbonyl (C=O) groups is 2. The van der Waals surface area contributed by atoms with Crippen LogP contribution in [0.1, 0.15) is 66.5 Å². The predicted octanol–water partition coefficient (Wildman–Crippen LogP) is 4.14. The van der Waals surface area contributed by atoms with Gasteiger partial charge in [-0.2, -0.15) is 5.26 Å². The highest BCUT2D eigenvalue weighted by Crippen LogP contribution is 2.44. The van der Waals surface area contributed by atoms with E-state index in [0.29, 0.717) is 22.5 Å². The molecule has 0 unspecified atom stereocenters. The Morgan fingerprint density at radius 2 is 1.90 bits per heavy atom. The SMILES string of the molecule is CCc1ccc(C(=O)OCC(=O)Nc2sc3c(c2C#N)CC(C)(C)NC3(C)C)cc1. The van der Waals surface area contributed by atoms with Crippen molar-refractivity contribution in [3.8, 4) is 6.07 Å². The summed E-state index contributed by atoms with van der Waals surface area (Å²) >= 11 is 1.40. The lowest BCUT2D eigenvalue weighted by Gasteiger charge is -2.42. The average Bonchev–Trinajstić information content (AvgIpc) is 3.02. The fourth-order valence-corrected chi connectivity index (χ4v) is 5.23. The summed E-state index contributed by atoms with van der Waals surface area (Å²) in [6.07, 6.45) is 1.58. The molecule has 0 atom stereocenters. The van der Waals surface area contributed by atoms with Crippen molar-refractivity contribution in [3.63, 3.8) is 0 Å². The van der Waals surface area contributed by atoms with E-state index >= 15 is 0 Å². The third kappa shape index (κ3) is 4.55. The van der Waals surface area contributed by atoms with Crippen LogP contribution < -0.4 is 10.6 Å². The Morgan fingerprint density at radius 1 is 1.23 bits per heavy atom. The van der Waals surface area contributed by atoms with E-state index in [1.165, 1.54) is 11.3 Å². The first-order valence-corrected chi connectivity index (χ1v) is 10.8. The molecule has 0 spiro atoms. The topological polar surface area (TPSA) is 91.2 Å². The van der Waals surface area contributed by atoms with E-state index in [4.69, 9.17) is 4.74 Å². The van der Waals surface area contributed by atoms with Crippen LogP contribution in [0.25, 0.3) is 0 Å². The fraction of sp³-hybridized carbons (Fsp3) is 0.435. The number of hydrogen-bond acceptors (Lipinski definition) is 6. The number of nitrogens with one attached hydrogen (secondary N) is 2. The summed E-state index contributed by atoms with van der Waals surface area (Å²) in [5.41, 5.74) is 2.52. The number of rotatable bonds is 5. The van der Waals surface area contributed by atoms with Crippen molar-refractivity contribution < 1.29 is 14.3 Å². The van der Waals surface area contributed by atoms with Gasteiger partial charge in [-0.1, -0.05) is 19.1 Å². The lowest BCUT2D eigenvalue weighted by Crippen LogP contribution is -2.54. The number of amides is 1. The molecule has 1 aromatic heterocycles. The summed E-state index contributed by atoms with van der Waals surface area (Å²) in [7, 11) is 0. The molecular weight excluding hydrogens is 398 g/mol. The number of esters is 1. The molecule has 1 aliphatic rings. The Labute approximate surface area is 181 Å². The normalized spacial score (nSPS) is 16.3. The van der Waals surface area contributed by atoms with Crippen LogP contribution in [0.2, 0.25) is 0 Å². The molecule has 1 amide bonds. The number of hydrogen-bond donors (Lipinski definition) is 2. The predicted molar refractivity (Wildman–Crippen MR) is 118 cm³/mol. The number of carbonyl (C=O) groups excluding carboxylic acids is 2. The van der Waals surface area contributed by atoms with Crippen LogP contribution in [0.4, 0.5) is 5.00 Å². The zero-order valence-corrected chi connectivity index (χ0v) is 18.8. The van der Waals surface area contributed by atoms with Crippen LogP contribution in [0.5, 0.6) is 0 Å². The van der Waals surface area contributed by atoms with E-state index in [2.05, 4.69) is 44.4 Å². The van der Waals surface area contributed by atoms with E-state index < -0.39 is 18.5 Å². The first kappa shape index (κ1) is 22.0. The largest absolute Gasteiger partial charge is 0.452 e. The van der Waals surface area contributed by atoms with Crippen LogP contribution in [0, 0.1) is 11.3 Å². The van der Waals surface area contributed by atoms with E-state index in [-0.39, 0.29) is 11.1 Å². The summed E-state index contributed by atoms with van der Waals surface area (Å²) in [5, 5.41) is 16.6. The Balaban J connectivity index is 1.71. The van der Waals surface area contributed by atoms with Gasteiger partial charge in [0.25, 0.3) is 5.91 Å². The molecule has 158 valence electrons. The average molecular weight is 426 g/mol. The number of thiophene rings is 1. The van der Waals surface area contributed by atoms with Crippen molar-refractivity contribution in [1.29, 1.82) is 5.26 Å². The summed E-state index contributed by atoms with van der Waals surface area (Å²) in [5.74, 6) is -1.01. The van der Waals surface area contributed by atoms with Crippen molar-refractivity contribution in [1.82, 2.24) is 5.32 Å². The van der Waals surface area contributed by atoms with E-state index in [0.717, 1.165) is 22.4 Å². The number of benzene rings is 1. The van der Waals surface area contributed by atoms with Gasteiger partial charge in [-0.3, -0.25) is 4.79 Å². The van der Waals surface area contributed by atoms with Gasteiger partial charge in [0.05, 0.1) is 11.1 Å². The maximum atomic E-state index is 12.4.